The number of nitrogens with two attached hydrogens (primary N) is 1. The van der Waals surface area contributed by atoms with E-state index in [0.29, 0.717) is 0 Å². The Labute approximate surface area is 110 Å². The topological polar surface area (TPSA) is 83.6 Å². The Morgan fingerprint density at radius 3 is 2.47 bits per heavy atom. The van der Waals surface area contributed by atoms with Crippen molar-refractivity contribution < 1.29 is 17.9 Å². The summed E-state index contributed by atoms with van der Waals surface area (Å²) < 4.78 is 38.9. The molecule has 2 aliphatic rings. The summed E-state index contributed by atoms with van der Waals surface area (Å²) in [5.41, 5.74) is 4.62. The Balaban J connectivity index is 1.84. The molecular weight excluding hydrogens is 271 g/mol. The fourth-order valence-electron chi connectivity index (χ4n) is 2.50. The predicted molar refractivity (Wildman–Crippen MR) is 67.2 cm³/mol. The molecule has 3 N–H and O–H groups in total. The maximum absolute atomic E-state index is 13.2. The summed E-state index contributed by atoms with van der Waals surface area (Å²) >= 11 is 0. The van der Waals surface area contributed by atoms with Gasteiger partial charge in [0, 0.05) is 18.8 Å². The Kier molecular flexibility index (Phi) is 2.64. The second-order valence-corrected chi connectivity index (χ2v) is 7.31. The van der Waals surface area contributed by atoms with Crippen LogP contribution in [0.5, 0.6) is 0 Å². The lowest BCUT2D eigenvalue weighted by Gasteiger charge is -2.45. The van der Waals surface area contributed by atoms with Crippen molar-refractivity contribution >= 4 is 15.7 Å². The molecule has 0 atom stereocenters. The molecule has 1 aromatic rings. The summed E-state index contributed by atoms with van der Waals surface area (Å²) in [6.45, 7) is 0.160. The van der Waals surface area contributed by atoms with E-state index in [9.17, 15) is 17.9 Å². The summed E-state index contributed by atoms with van der Waals surface area (Å²) in [4.78, 5) is -0.164. The van der Waals surface area contributed by atoms with Gasteiger partial charge in [-0.25, -0.2) is 12.8 Å². The van der Waals surface area contributed by atoms with Crippen LogP contribution in [0.4, 0.5) is 10.1 Å². The second kappa shape index (κ2) is 3.91. The minimum atomic E-state index is -3.77. The lowest BCUT2D eigenvalue weighted by Crippen LogP contribution is -2.64. The van der Waals surface area contributed by atoms with Crippen LogP contribution in [0.15, 0.2) is 23.1 Å². The molecule has 0 spiro atoms. The number of aliphatic hydroxyl groups is 1. The van der Waals surface area contributed by atoms with Crippen LogP contribution in [-0.2, 0) is 10.0 Å². The molecule has 0 bridgehead atoms. The third kappa shape index (κ3) is 2.11. The van der Waals surface area contributed by atoms with Crippen LogP contribution >= 0.6 is 0 Å². The first-order chi connectivity index (χ1) is 8.81. The first-order valence-corrected chi connectivity index (χ1v) is 7.54. The van der Waals surface area contributed by atoms with E-state index in [4.69, 9.17) is 5.73 Å². The Morgan fingerprint density at radius 1 is 1.32 bits per heavy atom. The number of hydrogen-bond donors (Lipinski definition) is 2. The van der Waals surface area contributed by atoms with E-state index >= 15 is 0 Å². The molecule has 0 aromatic heterocycles. The van der Waals surface area contributed by atoms with Gasteiger partial charge in [0.05, 0.1) is 10.5 Å². The van der Waals surface area contributed by atoms with E-state index in [2.05, 4.69) is 0 Å². The highest BCUT2D eigenvalue weighted by molar-refractivity contribution is 7.89. The van der Waals surface area contributed by atoms with Crippen LogP contribution in [-0.4, -0.2) is 36.5 Å². The number of benzene rings is 1. The maximum atomic E-state index is 13.2. The lowest BCUT2D eigenvalue weighted by atomic mass is 9.91. The van der Waals surface area contributed by atoms with Gasteiger partial charge in [-0.2, -0.15) is 4.31 Å². The van der Waals surface area contributed by atoms with Crippen molar-refractivity contribution in [3.63, 3.8) is 0 Å². The number of nitrogens with zero attached hydrogens (tertiary/aromatic N) is 1. The summed E-state index contributed by atoms with van der Waals surface area (Å²) in [6.07, 6.45) is 1.88. The van der Waals surface area contributed by atoms with E-state index in [-0.39, 0.29) is 29.6 Å². The van der Waals surface area contributed by atoms with E-state index in [0.717, 1.165) is 25.0 Å². The van der Waals surface area contributed by atoms with Crippen LogP contribution in [0.25, 0.3) is 0 Å². The SMILES string of the molecule is Nc1cc(F)cc(S(=O)(=O)N2CC(O)(C3CC3)C2)c1. The van der Waals surface area contributed by atoms with Crippen molar-refractivity contribution in [2.45, 2.75) is 23.3 Å². The third-order valence-corrected chi connectivity index (χ3v) is 5.54. The molecule has 1 heterocycles. The Hall–Kier alpha value is -1.18. The van der Waals surface area contributed by atoms with E-state index in [1.807, 2.05) is 0 Å². The number of rotatable bonds is 3. The quantitative estimate of drug-likeness (QED) is 0.795. The van der Waals surface area contributed by atoms with Crippen molar-refractivity contribution in [3.8, 4) is 0 Å². The molecule has 2 fully saturated rings. The van der Waals surface area contributed by atoms with Crippen LogP contribution < -0.4 is 5.73 Å². The molecule has 1 aromatic carbocycles. The van der Waals surface area contributed by atoms with Gasteiger partial charge in [-0.15, -0.1) is 0 Å². The van der Waals surface area contributed by atoms with E-state index in [1.165, 1.54) is 10.4 Å². The minimum Gasteiger partial charge on any atom is -0.399 e. The monoisotopic (exact) mass is 286 g/mol. The molecule has 3 rings (SSSR count). The average molecular weight is 286 g/mol. The second-order valence-electron chi connectivity index (χ2n) is 5.37. The molecule has 0 amide bonds. The van der Waals surface area contributed by atoms with Gasteiger partial charge in [-0.05, 0) is 37.0 Å². The van der Waals surface area contributed by atoms with Crippen molar-refractivity contribution in [1.82, 2.24) is 4.31 Å². The Bertz CT molecular complexity index is 602. The van der Waals surface area contributed by atoms with Gasteiger partial charge in [0.25, 0.3) is 0 Å². The highest BCUT2D eigenvalue weighted by Crippen LogP contribution is 2.45. The van der Waals surface area contributed by atoms with Gasteiger partial charge in [-0.1, -0.05) is 0 Å². The van der Waals surface area contributed by atoms with Gasteiger partial charge in [0.2, 0.25) is 10.0 Å². The molecule has 1 saturated carbocycles. The number of nitrogen functional groups attached to an aromatic ring is 1. The van der Waals surface area contributed by atoms with E-state index < -0.39 is 21.4 Å². The molecule has 0 unspecified atom stereocenters. The van der Waals surface area contributed by atoms with Crippen molar-refractivity contribution in [2.24, 2.45) is 5.92 Å². The van der Waals surface area contributed by atoms with Crippen molar-refractivity contribution in [1.29, 1.82) is 0 Å². The van der Waals surface area contributed by atoms with Crippen LogP contribution in [0.3, 0.4) is 0 Å². The van der Waals surface area contributed by atoms with Gasteiger partial charge in [0.1, 0.15) is 5.82 Å². The number of anilines is 1. The van der Waals surface area contributed by atoms with Gasteiger partial charge in [-0.3, -0.25) is 0 Å². The van der Waals surface area contributed by atoms with Crippen LogP contribution in [0, 0.1) is 11.7 Å². The summed E-state index contributed by atoms with van der Waals surface area (Å²) in [5.74, 6) is -0.479. The highest BCUT2D eigenvalue weighted by Gasteiger charge is 2.55. The highest BCUT2D eigenvalue weighted by atomic mass is 32.2. The molecule has 19 heavy (non-hydrogen) atoms. The minimum absolute atomic E-state index is 0.0663. The lowest BCUT2D eigenvalue weighted by molar-refractivity contribution is -0.0764. The van der Waals surface area contributed by atoms with Crippen LogP contribution in [0.1, 0.15) is 12.8 Å². The Morgan fingerprint density at radius 2 is 1.95 bits per heavy atom. The molecule has 1 saturated heterocycles. The van der Waals surface area contributed by atoms with Gasteiger partial charge >= 0.3 is 0 Å². The number of halogens is 1. The molecule has 0 radical (unpaired) electrons. The van der Waals surface area contributed by atoms with Crippen molar-refractivity contribution in [2.75, 3.05) is 18.8 Å². The first-order valence-electron chi connectivity index (χ1n) is 6.10. The largest absolute Gasteiger partial charge is 0.399 e. The molecule has 1 aliphatic heterocycles. The van der Waals surface area contributed by atoms with Gasteiger partial charge in [0.15, 0.2) is 0 Å². The van der Waals surface area contributed by atoms with Crippen LogP contribution in [0.2, 0.25) is 0 Å². The zero-order valence-electron chi connectivity index (χ0n) is 10.2. The zero-order valence-corrected chi connectivity index (χ0v) is 11.0. The molecular formula is C12H15FN2O3S. The molecule has 5 nitrogen and oxygen atoms in total. The third-order valence-electron chi connectivity index (χ3n) is 3.77. The predicted octanol–water partition coefficient (Wildman–Crippen LogP) is 0.553. The summed E-state index contributed by atoms with van der Waals surface area (Å²) in [5, 5.41) is 10.1. The van der Waals surface area contributed by atoms with Crippen molar-refractivity contribution in [3.05, 3.63) is 24.0 Å². The fraction of sp³-hybridized carbons (Fsp3) is 0.500. The van der Waals surface area contributed by atoms with Gasteiger partial charge < -0.3 is 10.8 Å². The number of sulfonamides is 1. The smallest absolute Gasteiger partial charge is 0.243 e. The summed E-state index contributed by atoms with van der Waals surface area (Å²) in [6, 6.07) is 3.24. The first kappa shape index (κ1) is 12.8. The van der Waals surface area contributed by atoms with E-state index in [1.54, 1.807) is 0 Å². The number of hydrogen-bond acceptors (Lipinski definition) is 4. The average Bonchev–Trinajstić information content (AvgIpc) is 3.07. The molecule has 104 valence electrons. The molecule has 7 heteroatoms. The fourth-order valence-corrected chi connectivity index (χ4v) is 4.13. The number of β-amino-alcohol motifs (C(OH)–C–C–N with tert-alkyl or cyclic N) is 1. The maximum Gasteiger partial charge on any atom is 0.243 e. The standard InChI is InChI=1S/C12H15FN2O3S/c13-9-3-10(14)5-11(4-9)19(17,18)15-6-12(16,7-15)8-1-2-8/h3-5,8,16H,1-2,6-7,14H2. The zero-order chi connectivity index (χ0) is 13.8. The molecule has 1 aliphatic carbocycles. The normalized spacial score (nSPS) is 23.1. The summed E-state index contributed by atoms with van der Waals surface area (Å²) in [7, 11) is -3.77.